The number of unbranched alkanes of at least 4 members (excludes halogenated alkanes) is 4. The lowest BCUT2D eigenvalue weighted by Crippen LogP contribution is -2.49. The van der Waals surface area contributed by atoms with Crippen LogP contribution in [0.4, 0.5) is 0 Å². The van der Waals surface area contributed by atoms with E-state index in [1.54, 1.807) is 0 Å². The maximum atomic E-state index is 5.93. The molecule has 0 aromatic carbocycles. The van der Waals surface area contributed by atoms with Gasteiger partial charge in [-0.3, -0.25) is 4.90 Å². The summed E-state index contributed by atoms with van der Waals surface area (Å²) in [4.78, 5) is 2.62. The van der Waals surface area contributed by atoms with Crippen molar-refractivity contribution in [2.75, 3.05) is 32.8 Å². The van der Waals surface area contributed by atoms with Gasteiger partial charge in [0, 0.05) is 19.1 Å². The Balaban J connectivity index is 1.47. The van der Waals surface area contributed by atoms with Gasteiger partial charge >= 0.3 is 0 Å². The van der Waals surface area contributed by atoms with Crippen LogP contribution < -0.4 is 5.32 Å². The second-order valence-electron chi connectivity index (χ2n) is 5.86. The van der Waals surface area contributed by atoms with Gasteiger partial charge in [0.05, 0.1) is 12.7 Å². The number of morpholine rings is 1. The van der Waals surface area contributed by atoms with Crippen molar-refractivity contribution in [3.63, 3.8) is 0 Å². The molecule has 2 fully saturated rings. The summed E-state index contributed by atoms with van der Waals surface area (Å²) >= 11 is 0. The van der Waals surface area contributed by atoms with E-state index in [9.17, 15) is 0 Å². The van der Waals surface area contributed by atoms with E-state index in [0.717, 1.165) is 32.3 Å². The van der Waals surface area contributed by atoms with Gasteiger partial charge in [-0.25, -0.2) is 0 Å². The summed E-state index contributed by atoms with van der Waals surface area (Å²) in [7, 11) is 0. The maximum Gasteiger partial charge on any atom is 0.0826 e. The minimum atomic E-state index is 0.426. The average molecular weight is 254 g/mol. The highest BCUT2D eigenvalue weighted by Gasteiger charge is 2.31. The van der Waals surface area contributed by atoms with Crippen molar-refractivity contribution >= 4 is 0 Å². The van der Waals surface area contributed by atoms with Gasteiger partial charge in [-0.15, -0.1) is 0 Å². The first-order valence-electron chi connectivity index (χ1n) is 7.96. The Kier molecular flexibility index (Phi) is 6.46. The predicted molar refractivity (Wildman–Crippen MR) is 76.0 cm³/mol. The highest BCUT2D eigenvalue weighted by molar-refractivity contribution is 4.85. The lowest BCUT2D eigenvalue weighted by Gasteiger charge is -2.35. The van der Waals surface area contributed by atoms with Gasteiger partial charge in [0.15, 0.2) is 0 Å². The van der Waals surface area contributed by atoms with E-state index in [1.807, 2.05) is 0 Å². The zero-order valence-electron chi connectivity index (χ0n) is 12.0. The van der Waals surface area contributed by atoms with Gasteiger partial charge in [-0.1, -0.05) is 32.6 Å². The smallest absolute Gasteiger partial charge is 0.0826 e. The van der Waals surface area contributed by atoms with Crippen LogP contribution in [0, 0.1) is 0 Å². The van der Waals surface area contributed by atoms with Crippen LogP contribution in [-0.2, 0) is 4.74 Å². The summed E-state index contributed by atoms with van der Waals surface area (Å²) in [6, 6.07) is 0.732. The Morgan fingerprint density at radius 2 is 2.11 bits per heavy atom. The normalized spacial score (nSPS) is 28.5. The minimum Gasteiger partial charge on any atom is -0.374 e. The molecule has 2 atom stereocenters. The minimum absolute atomic E-state index is 0.426. The monoisotopic (exact) mass is 254 g/mol. The van der Waals surface area contributed by atoms with Crippen LogP contribution in [0.2, 0.25) is 0 Å². The average Bonchev–Trinajstić information content (AvgIpc) is 2.85. The van der Waals surface area contributed by atoms with Crippen LogP contribution in [0.5, 0.6) is 0 Å². The topological polar surface area (TPSA) is 24.5 Å². The van der Waals surface area contributed by atoms with E-state index in [4.69, 9.17) is 4.74 Å². The molecule has 2 rings (SSSR count). The molecule has 2 saturated heterocycles. The summed E-state index contributed by atoms with van der Waals surface area (Å²) in [6.45, 7) is 7.87. The summed E-state index contributed by atoms with van der Waals surface area (Å²) in [6.07, 6.45) is 9.95. The van der Waals surface area contributed by atoms with Crippen molar-refractivity contribution in [3.05, 3.63) is 0 Å². The molecule has 0 aliphatic carbocycles. The molecule has 3 nitrogen and oxygen atoms in total. The molecule has 0 aromatic heterocycles. The number of nitrogens with zero attached hydrogens (tertiary/aromatic N) is 1. The first-order valence-corrected chi connectivity index (χ1v) is 7.96. The first-order chi connectivity index (χ1) is 8.90. The molecule has 2 unspecified atom stereocenters. The molecule has 106 valence electrons. The standard InChI is InChI=1S/C15H30N2O/c1-2-3-4-5-6-9-16-11-15-12-17-10-7-8-14(17)13-18-15/h14-16H,2-13H2,1H3. The number of rotatable bonds is 8. The summed E-state index contributed by atoms with van der Waals surface area (Å²) in [5.74, 6) is 0. The molecule has 2 heterocycles. The number of hydrogen-bond acceptors (Lipinski definition) is 3. The Morgan fingerprint density at radius 1 is 1.22 bits per heavy atom. The van der Waals surface area contributed by atoms with Crippen LogP contribution >= 0.6 is 0 Å². The molecule has 0 amide bonds. The van der Waals surface area contributed by atoms with Crippen LogP contribution in [0.25, 0.3) is 0 Å². The van der Waals surface area contributed by atoms with Gasteiger partial charge in [0.25, 0.3) is 0 Å². The first kappa shape index (κ1) is 14.3. The summed E-state index contributed by atoms with van der Waals surface area (Å²) in [5, 5.41) is 3.56. The molecule has 0 bridgehead atoms. The second-order valence-corrected chi connectivity index (χ2v) is 5.86. The molecule has 0 aromatic rings. The van der Waals surface area contributed by atoms with Gasteiger partial charge < -0.3 is 10.1 Å². The molecule has 0 saturated carbocycles. The third kappa shape index (κ3) is 4.52. The van der Waals surface area contributed by atoms with Gasteiger partial charge in [0.1, 0.15) is 0 Å². The van der Waals surface area contributed by atoms with Crippen LogP contribution in [0.15, 0.2) is 0 Å². The van der Waals surface area contributed by atoms with Gasteiger partial charge in [-0.05, 0) is 32.4 Å². The highest BCUT2D eigenvalue weighted by atomic mass is 16.5. The van der Waals surface area contributed by atoms with Crippen molar-refractivity contribution < 1.29 is 4.74 Å². The van der Waals surface area contributed by atoms with Crippen molar-refractivity contribution in [3.8, 4) is 0 Å². The van der Waals surface area contributed by atoms with Crippen LogP contribution in [0.3, 0.4) is 0 Å². The fourth-order valence-corrected chi connectivity index (χ4v) is 3.13. The Hall–Kier alpha value is -0.120. The highest BCUT2D eigenvalue weighted by Crippen LogP contribution is 2.22. The van der Waals surface area contributed by atoms with E-state index in [-0.39, 0.29) is 0 Å². The fraction of sp³-hybridized carbons (Fsp3) is 1.00. The molecule has 0 spiro atoms. The number of hydrogen-bond donors (Lipinski definition) is 1. The van der Waals surface area contributed by atoms with E-state index < -0.39 is 0 Å². The van der Waals surface area contributed by atoms with E-state index >= 15 is 0 Å². The van der Waals surface area contributed by atoms with Gasteiger partial charge in [0.2, 0.25) is 0 Å². The molecule has 3 heteroatoms. The number of nitrogens with one attached hydrogen (secondary N) is 1. The molecule has 2 aliphatic heterocycles. The van der Waals surface area contributed by atoms with Crippen LogP contribution in [-0.4, -0.2) is 49.8 Å². The molecular formula is C15H30N2O. The number of fused-ring (bicyclic) bond motifs is 1. The SMILES string of the molecule is CCCCCCCNCC1CN2CCCC2CO1. The summed E-state index contributed by atoms with van der Waals surface area (Å²) in [5.41, 5.74) is 0. The molecular weight excluding hydrogens is 224 g/mol. The third-order valence-corrected chi connectivity index (χ3v) is 4.29. The third-order valence-electron chi connectivity index (χ3n) is 4.29. The maximum absolute atomic E-state index is 5.93. The van der Waals surface area contributed by atoms with E-state index in [1.165, 1.54) is 51.5 Å². The molecule has 0 radical (unpaired) electrons. The number of ether oxygens (including phenoxy) is 1. The largest absolute Gasteiger partial charge is 0.374 e. The van der Waals surface area contributed by atoms with E-state index in [2.05, 4.69) is 17.1 Å². The van der Waals surface area contributed by atoms with E-state index in [0.29, 0.717) is 6.10 Å². The van der Waals surface area contributed by atoms with Crippen molar-refractivity contribution in [1.29, 1.82) is 0 Å². The van der Waals surface area contributed by atoms with Gasteiger partial charge in [-0.2, -0.15) is 0 Å². The Morgan fingerprint density at radius 3 is 3.00 bits per heavy atom. The zero-order chi connectivity index (χ0) is 12.6. The Labute approximate surface area is 112 Å². The molecule has 1 N–H and O–H groups in total. The quantitative estimate of drug-likeness (QED) is 0.673. The van der Waals surface area contributed by atoms with Crippen molar-refractivity contribution in [2.45, 2.75) is 64.0 Å². The van der Waals surface area contributed by atoms with Crippen molar-refractivity contribution in [2.24, 2.45) is 0 Å². The van der Waals surface area contributed by atoms with Crippen LogP contribution in [0.1, 0.15) is 51.9 Å². The lowest BCUT2D eigenvalue weighted by molar-refractivity contribution is -0.0468. The lowest BCUT2D eigenvalue weighted by atomic mass is 10.1. The molecule has 2 aliphatic rings. The second kappa shape index (κ2) is 8.13. The molecule has 18 heavy (non-hydrogen) atoms. The fourth-order valence-electron chi connectivity index (χ4n) is 3.13. The predicted octanol–water partition coefficient (Wildman–Crippen LogP) is 2.41. The zero-order valence-corrected chi connectivity index (χ0v) is 12.0. The van der Waals surface area contributed by atoms with Crippen molar-refractivity contribution in [1.82, 2.24) is 10.2 Å². The Bertz CT molecular complexity index is 223. The summed E-state index contributed by atoms with van der Waals surface area (Å²) < 4.78 is 5.93.